The van der Waals surface area contributed by atoms with Crippen LogP contribution in [-0.2, 0) is 13.7 Å². The number of aromatic nitrogens is 3. The van der Waals surface area contributed by atoms with E-state index >= 15 is 4.39 Å². The Morgan fingerprint density at radius 2 is 1.97 bits per heavy atom. The lowest BCUT2D eigenvalue weighted by Crippen LogP contribution is -1.98. The quantitative estimate of drug-likeness (QED) is 0.382. The van der Waals surface area contributed by atoms with E-state index in [2.05, 4.69) is 14.7 Å². The van der Waals surface area contributed by atoms with Crippen molar-refractivity contribution in [2.75, 3.05) is 10.5 Å². The molecule has 0 unspecified atom stereocenters. The van der Waals surface area contributed by atoms with Crippen LogP contribution in [0.15, 0.2) is 47.8 Å². The number of nitrogen functional groups attached to an aromatic ring is 1. The molecule has 6 nitrogen and oxygen atoms in total. The van der Waals surface area contributed by atoms with E-state index in [1.54, 1.807) is 29.9 Å². The third kappa shape index (κ3) is 3.45. The summed E-state index contributed by atoms with van der Waals surface area (Å²) in [5.74, 6) is -0.932. The van der Waals surface area contributed by atoms with Crippen LogP contribution in [-0.4, -0.2) is 19.6 Å². The van der Waals surface area contributed by atoms with E-state index in [-0.39, 0.29) is 27.0 Å². The standard InChI is InChI=1S/C20H16ClF2N5OS/c1-28-7-11(16-19(24)25-9-26-20(16)28)10-3-2-4-14(17(10)22)27-30-15-6-5-13(21)12(8-29)18(15)23/h2-7,9,27,29H,8H2,1H3,(H2,24,25,26). The monoisotopic (exact) mass is 447 g/mol. The van der Waals surface area contributed by atoms with Crippen LogP contribution >= 0.6 is 23.5 Å². The molecule has 4 N–H and O–H groups in total. The van der Waals surface area contributed by atoms with Crippen molar-refractivity contribution in [3.05, 3.63) is 65.1 Å². The van der Waals surface area contributed by atoms with Gasteiger partial charge in [-0.25, -0.2) is 18.7 Å². The number of aryl methyl sites for hydroxylation is 1. The Morgan fingerprint density at radius 1 is 1.17 bits per heavy atom. The van der Waals surface area contributed by atoms with Crippen LogP contribution in [0.3, 0.4) is 0 Å². The average Bonchev–Trinajstić information content (AvgIpc) is 3.06. The fourth-order valence-corrected chi connectivity index (χ4v) is 4.10. The summed E-state index contributed by atoms with van der Waals surface area (Å²) in [6, 6.07) is 7.78. The van der Waals surface area contributed by atoms with Gasteiger partial charge in [0, 0.05) is 35.0 Å². The molecule has 0 aliphatic heterocycles. The molecule has 0 saturated carbocycles. The molecule has 0 atom stereocenters. The van der Waals surface area contributed by atoms with Crippen LogP contribution in [0.5, 0.6) is 0 Å². The van der Waals surface area contributed by atoms with Crippen molar-refractivity contribution in [2.24, 2.45) is 7.05 Å². The molecule has 0 bridgehead atoms. The highest BCUT2D eigenvalue weighted by Gasteiger charge is 2.19. The normalized spacial score (nSPS) is 11.2. The Hall–Kier alpha value is -2.88. The second-order valence-corrected chi connectivity index (χ2v) is 7.73. The largest absolute Gasteiger partial charge is 0.392 e. The molecule has 2 aromatic carbocycles. The number of anilines is 2. The van der Waals surface area contributed by atoms with Crippen molar-refractivity contribution in [1.82, 2.24) is 14.5 Å². The van der Waals surface area contributed by atoms with Crippen LogP contribution in [0.25, 0.3) is 22.2 Å². The van der Waals surface area contributed by atoms with Crippen molar-refractivity contribution in [1.29, 1.82) is 0 Å². The number of aliphatic hydroxyl groups excluding tert-OH is 1. The Bertz CT molecular complexity index is 1260. The SMILES string of the molecule is Cn1cc(-c2cccc(NSc3ccc(Cl)c(CO)c3F)c2F)c2c(N)ncnc21. The van der Waals surface area contributed by atoms with Crippen LogP contribution in [0.4, 0.5) is 20.3 Å². The molecule has 30 heavy (non-hydrogen) atoms. The lowest BCUT2D eigenvalue weighted by atomic mass is 10.0. The van der Waals surface area contributed by atoms with E-state index in [0.29, 0.717) is 22.2 Å². The molecule has 4 rings (SSSR count). The van der Waals surface area contributed by atoms with Crippen molar-refractivity contribution in [3.63, 3.8) is 0 Å². The maximum Gasteiger partial charge on any atom is 0.155 e. The summed E-state index contributed by atoms with van der Waals surface area (Å²) >= 11 is 6.76. The summed E-state index contributed by atoms with van der Waals surface area (Å²) in [5.41, 5.74) is 7.60. The average molecular weight is 448 g/mol. The highest BCUT2D eigenvalue weighted by molar-refractivity contribution is 8.00. The molecule has 0 aliphatic carbocycles. The molecular formula is C20H16ClF2N5OS. The smallest absolute Gasteiger partial charge is 0.155 e. The Balaban J connectivity index is 1.70. The fourth-order valence-electron chi connectivity index (χ4n) is 3.17. The molecule has 0 spiro atoms. The Kier molecular flexibility index (Phi) is 5.50. The number of aliphatic hydroxyl groups is 1. The molecule has 4 aromatic rings. The molecule has 0 saturated heterocycles. The van der Waals surface area contributed by atoms with E-state index < -0.39 is 18.2 Å². The van der Waals surface area contributed by atoms with E-state index in [1.807, 2.05) is 0 Å². The van der Waals surface area contributed by atoms with Gasteiger partial charge in [-0.1, -0.05) is 23.7 Å². The first-order valence-corrected chi connectivity index (χ1v) is 9.96. The summed E-state index contributed by atoms with van der Waals surface area (Å²) in [7, 11) is 1.79. The first-order valence-electron chi connectivity index (χ1n) is 8.77. The zero-order chi connectivity index (χ0) is 21.4. The maximum absolute atomic E-state index is 15.3. The van der Waals surface area contributed by atoms with Gasteiger partial charge in [0.15, 0.2) is 5.82 Å². The number of rotatable bonds is 5. The summed E-state index contributed by atoms with van der Waals surface area (Å²) in [5, 5.41) is 9.97. The minimum absolute atomic E-state index is 0.0103. The first-order chi connectivity index (χ1) is 14.4. The molecule has 0 aliphatic rings. The lowest BCUT2D eigenvalue weighted by molar-refractivity contribution is 0.275. The highest BCUT2D eigenvalue weighted by atomic mass is 35.5. The highest BCUT2D eigenvalue weighted by Crippen LogP contribution is 2.37. The number of nitrogens with two attached hydrogens (primary N) is 1. The Labute approximate surface area is 179 Å². The molecule has 0 radical (unpaired) electrons. The number of halogens is 3. The van der Waals surface area contributed by atoms with E-state index in [0.717, 1.165) is 11.9 Å². The fraction of sp³-hybridized carbons (Fsp3) is 0.100. The number of nitrogens with zero attached hydrogens (tertiary/aromatic N) is 3. The minimum atomic E-state index is -0.655. The van der Waals surface area contributed by atoms with E-state index in [1.165, 1.54) is 24.5 Å². The van der Waals surface area contributed by atoms with E-state index in [9.17, 15) is 9.50 Å². The summed E-state index contributed by atoms with van der Waals surface area (Å²) < 4.78 is 34.4. The van der Waals surface area contributed by atoms with Gasteiger partial charge in [0.25, 0.3) is 0 Å². The first kappa shape index (κ1) is 20.4. The lowest BCUT2D eigenvalue weighted by Gasteiger charge is -2.12. The van der Waals surface area contributed by atoms with Crippen molar-refractivity contribution in [3.8, 4) is 11.1 Å². The van der Waals surface area contributed by atoms with Gasteiger partial charge in [-0.3, -0.25) is 0 Å². The van der Waals surface area contributed by atoms with Gasteiger partial charge in [0.2, 0.25) is 0 Å². The predicted octanol–water partition coefficient (Wildman–Crippen LogP) is 4.76. The number of hydrogen-bond donors (Lipinski definition) is 3. The van der Waals surface area contributed by atoms with Crippen molar-refractivity contribution in [2.45, 2.75) is 11.5 Å². The Morgan fingerprint density at radius 3 is 2.73 bits per heavy atom. The van der Waals surface area contributed by atoms with Gasteiger partial charge in [-0.15, -0.1) is 0 Å². The maximum atomic E-state index is 15.3. The van der Waals surface area contributed by atoms with Gasteiger partial charge >= 0.3 is 0 Å². The second-order valence-electron chi connectivity index (χ2n) is 6.48. The van der Waals surface area contributed by atoms with Gasteiger partial charge in [-0.05, 0) is 30.1 Å². The summed E-state index contributed by atoms with van der Waals surface area (Å²) in [4.78, 5) is 8.39. The predicted molar refractivity (Wildman–Crippen MR) is 115 cm³/mol. The number of hydrogen-bond acceptors (Lipinski definition) is 6. The second kappa shape index (κ2) is 8.10. The molecule has 2 aromatic heterocycles. The number of benzene rings is 2. The molecule has 154 valence electrons. The van der Waals surface area contributed by atoms with Gasteiger partial charge in [0.05, 0.1) is 22.6 Å². The van der Waals surface area contributed by atoms with Gasteiger partial charge in [0.1, 0.15) is 23.6 Å². The van der Waals surface area contributed by atoms with Crippen LogP contribution in [0.2, 0.25) is 5.02 Å². The van der Waals surface area contributed by atoms with Crippen molar-refractivity contribution >= 4 is 46.1 Å². The molecule has 2 heterocycles. The zero-order valence-corrected chi connectivity index (χ0v) is 17.2. The molecule has 10 heteroatoms. The van der Waals surface area contributed by atoms with Gasteiger partial charge < -0.3 is 20.1 Å². The third-order valence-electron chi connectivity index (χ3n) is 4.65. The summed E-state index contributed by atoms with van der Waals surface area (Å²) in [6.07, 6.45) is 3.09. The third-order valence-corrected chi connectivity index (χ3v) is 5.86. The van der Waals surface area contributed by atoms with Crippen LogP contribution in [0.1, 0.15) is 5.56 Å². The topological polar surface area (TPSA) is 89.0 Å². The molecular weight excluding hydrogens is 432 g/mol. The zero-order valence-electron chi connectivity index (χ0n) is 15.7. The summed E-state index contributed by atoms with van der Waals surface area (Å²) in [6.45, 7) is -0.534. The van der Waals surface area contributed by atoms with Gasteiger partial charge in [-0.2, -0.15) is 0 Å². The number of fused-ring (bicyclic) bond motifs is 1. The van der Waals surface area contributed by atoms with Crippen molar-refractivity contribution < 1.29 is 13.9 Å². The van der Waals surface area contributed by atoms with Crippen LogP contribution in [0, 0.1) is 11.6 Å². The van der Waals surface area contributed by atoms with Crippen LogP contribution < -0.4 is 10.5 Å². The molecule has 0 amide bonds. The van der Waals surface area contributed by atoms with E-state index in [4.69, 9.17) is 17.3 Å². The number of nitrogens with one attached hydrogen (secondary N) is 1. The minimum Gasteiger partial charge on any atom is -0.392 e. The molecule has 0 fully saturated rings.